The molecule has 0 bridgehead atoms. The first-order valence-corrected chi connectivity index (χ1v) is 38.7. The van der Waals surface area contributed by atoms with Gasteiger partial charge in [-0.05, 0) is 109 Å². The zero-order valence-corrected chi connectivity index (χ0v) is 59.9. The number of carbonyl (C=O) groups is 2. The van der Waals surface area contributed by atoms with Gasteiger partial charge in [0, 0.05) is 12.8 Å². The van der Waals surface area contributed by atoms with Crippen molar-refractivity contribution in [1.29, 1.82) is 0 Å². The average Bonchev–Trinajstić information content (AvgIpc) is 3.61. The van der Waals surface area contributed by atoms with Crippen molar-refractivity contribution < 1.29 is 42.1 Å². The molecule has 0 aliphatic rings. The van der Waals surface area contributed by atoms with Crippen LogP contribution in [0.5, 0.6) is 0 Å². The maximum Gasteiger partial charge on any atom is 0.306 e. The number of phosphoric acid groups is 1. The largest absolute Gasteiger partial charge is 0.756 e. The Kier molecular flexibility index (Phi) is 67.0. The number of unbranched alkanes of at least 4 members (excludes halogenated alkanes) is 34. The molecule has 2 atom stereocenters. The van der Waals surface area contributed by atoms with Gasteiger partial charge in [-0.2, -0.15) is 0 Å². The summed E-state index contributed by atoms with van der Waals surface area (Å²) in [7, 11) is 1.15. The first-order chi connectivity index (χ1) is 44.0. The second-order valence-electron chi connectivity index (χ2n) is 25.9. The van der Waals surface area contributed by atoms with Crippen molar-refractivity contribution in [1.82, 2.24) is 0 Å². The van der Waals surface area contributed by atoms with E-state index >= 15 is 0 Å². The molecule has 0 aliphatic carbocycles. The zero-order chi connectivity index (χ0) is 65.5. The van der Waals surface area contributed by atoms with Gasteiger partial charge >= 0.3 is 11.9 Å². The summed E-state index contributed by atoms with van der Waals surface area (Å²) in [6, 6.07) is 0. The summed E-state index contributed by atoms with van der Waals surface area (Å²) in [6.07, 6.45) is 100. The first kappa shape index (κ1) is 86.4. The van der Waals surface area contributed by atoms with E-state index in [2.05, 4.69) is 135 Å². The highest BCUT2D eigenvalue weighted by Crippen LogP contribution is 2.38. The number of phosphoric ester groups is 1. The van der Waals surface area contributed by atoms with Crippen molar-refractivity contribution in [2.24, 2.45) is 0 Å². The number of ether oxygens (including phenoxy) is 2. The Labute approximate surface area is 556 Å². The Morgan fingerprint density at radius 3 is 0.956 bits per heavy atom. The second kappa shape index (κ2) is 69.7. The maximum atomic E-state index is 12.9. The van der Waals surface area contributed by atoms with Crippen molar-refractivity contribution in [3.05, 3.63) is 122 Å². The molecule has 0 aromatic carbocycles. The predicted molar refractivity (Wildman–Crippen MR) is 388 cm³/mol. The van der Waals surface area contributed by atoms with Crippen LogP contribution in [0.3, 0.4) is 0 Å². The van der Waals surface area contributed by atoms with Crippen molar-refractivity contribution in [2.45, 2.75) is 328 Å². The number of quaternary nitrogens is 1. The van der Waals surface area contributed by atoms with E-state index in [0.717, 1.165) is 103 Å². The highest BCUT2D eigenvalue weighted by molar-refractivity contribution is 7.45. The molecule has 0 rings (SSSR count). The second-order valence-corrected chi connectivity index (χ2v) is 27.3. The number of esters is 2. The molecule has 0 aliphatic heterocycles. The van der Waals surface area contributed by atoms with Crippen molar-refractivity contribution >= 4 is 19.8 Å². The zero-order valence-electron chi connectivity index (χ0n) is 59.1. The molecule has 9 nitrogen and oxygen atoms in total. The summed E-state index contributed by atoms with van der Waals surface area (Å²) in [5.74, 6) is -0.841. The summed E-state index contributed by atoms with van der Waals surface area (Å²) >= 11 is 0. The number of carbonyl (C=O) groups excluding carboxylic acids is 2. The minimum absolute atomic E-state index is 0.0376. The molecule has 0 aromatic heterocycles. The molecule has 0 radical (unpaired) electrons. The van der Waals surface area contributed by atoms with Crippen LogP contribution in [-0.2, 0) is 32.7 Å². The Morgan fingerprint density at radius 2 is 0.633 bits per heavy atom. The Bertz CT molecular complexity index is 1940. The van der Waals surface area contributed by atoms with Gasteiger partial charge < -0.3 is 27.9 Å². The molecule has 10 heteroatoms. The lowest BCUT2D eigenvalue weighted by atomic mass is 10.0. The van der Waals surface area contributed by atoms with Crippen LogP contribution < -0.4 is 4.89 Å². The van der Waals surface area contributed by atoms with Crippen LogP contribution in [0, 0.1) is 0 Å². The highest BCUT2D eigenvalue weighted by atomic mass is 31.2. The molecule has 0 fully saturated rings. The van der Waals surface area contributed by atoms with E-state index < -0.39 is 26.5 Å². The quantitative estimate of drug-likeness (QED) is 0.0195. The normalized spacial score (nSPS) is 13.8. The van der Waals surface area contributed by atoms with Crippen LogP contribution in [-0.4, -0.2) is 70.0 Å². The van der Waals surface area contributed by atoms with E-state index in [1.165, 1.54) is 186 Å². The topological polar surface area (TPSA) is 111 Å². The van der Waals surface area contributed by atoms with Crippen molar-refractivity contribution in [3.63, 3.8) is 0 Å². The minimum atomic E-state index is -4.65. The van der Waals surface area contributed by atoms with Gasteiger partial charge in [0.25, 0.3) is 7.82 Å². The van der Waals surface area contributed by atoms with E-state index in [-0.39, 0.29) is 32.0 Å². The number of allylic oxidation sites excluding steroid dienone is 20. The summed E-state index contributed by atoms with van der Waals surface area (Å²) in [4.78, 5) is 38.1. The molecule has 0 aromatic rings. The number of rotatable bonds is 68. The number of nitrogens with zero attached hydrogens (tertiary/aromatic N) is 1. The number of hydrogen-bond donors (Lipinski definition) is 0. The smallest absolute Gasteiger partial charge is 0.306 e. The van der Waals surface area contributed by atoms with Crippen LogP contribution >= 0.6 is 7.82 Å². The lowest BCUT2D eigenvalue weighted by molar-refractivity contribution is -0.870. The number of likely N-dealkylation sites (N-methyl/N-ethyl adjacent to an activating group) is 1. The Hall–Kier alpha value is -3.59. The van der Waals surface area contributed by atoms with Gasteiger partial charge in [0.1, 0.15) is 19.8 Å². The third-order valence-corrected chi connectivity index (χ3v) is 16.9. The maximum absolute atomic E-state index is 12.9. The van der Waals surface area contributed by atoms with Crippen molar-refractivity contribution in [3.8, 4) is 0 Å². The molecular formula is C80H140NO8P. The van der Waals surface area contributed by atoms with Gasteiger partial charge in [-0.25, -0.2) is 0 Å². The lowest BCUT2D eigenvalue weighted by Crippen LogP contribution is -2.37. The minimum Gasteiger partial charge on any atom is -0.756 e. The summed E-state index contributed by atoms with van der Waals surface area (Å²) < 4.78 is 34.3. The lowest BCUT2D eigenvalue weighted by Gasteiger charge is -2.28. The van der Waals surface area contributed by atoms with E-state index in [1.54, 1.807) is 0 Å². The molecule has 0 spiro atoms. The van der Waals surface area contributed by atoms with Gasteiger partial charge in [-0.15, -0.1) is 0 Å². The van der Waals surface area contributed by atoms with Gasteiger partial charge in [0.15, 0.2) is 6.10 Å². The van der Waals surface area contributed by atoms with E-state index in [4.69, 9.17) is 18.5 Å². The van der Waals surface area contributed by atoms with Crippen LogP contribution in [0.2, 0.25) is 0 Å². The number of hydrogen-bond acceptors (Lipinski definition) is 8. The standard InChI is InChI=1S/C80H140NO8P/c1-6-8-10-12-14-16-18-20-22-24-26-28-30-32-34-36-38-39-40-41-43-45-47-49-51-53-55-57-59-61-63-65-67-69-71-73-80(83)89-78(77-88-90(84,85)87-75-74-81(3,4)5)76-86-79(82)72-70-68-66-64-62-60-58-56-54-52-50-48-46-44-42-37-35-33-31-29-27-25-23-21-19-17-15-13-11-9-7-2/h8,10,14,16,20,22,25-28,32,34,38-39,41,43,47,49,53,55,78H,6-7,9,11-13,15,17-19,21,23-24,29-31,33,35-37,40,42,44-46,48,50-52,54,56-77H2,1-5H3/b10-8-,16-14-,22-20-,27-25-,28-26-,34-32-,39-38-,43-41-,49-47-,55-53-. The molecule has 0 amide bonds. The van der Waals surface area contributed by atoms with Crippen molar-refractivity contribution in [2.75, 3.05) is 47.5 Å². The molecule has 0 N–H and O–H groups in total. The fourth-order valence-corrected chi connectivity index (χ4v) is 11.0. The van der Waals surface area contributed by atoms with E-state index in [9.17, 15) is 19.0 Å². The van der Waals surface area contributed by atoms with Gasteiger partial charge in [-0.3, -0.25) is 14.2 Å². The third kappa shape index (κ3) is 73.5. The van der Waals surface area contributed by atoms with Crippen LogP contribution in [0.1, 0.15) is 322 Å². The fourth-order valence-electron chi connectivity index (χ4n) is 10.3. The molecule has 0 saturated carbocycles. The fraction of sp³-hybridized carbons (Fsp3) is 0.725. The highest BCUT2D eigenvalue weighted by Gasteiger charge is 2.22. The van der Waals surface area contributed by atoms with Gasteiger partial charge in [0.2, 0.25) is 0 Å². The SMILES string of the molecule is CC/C=C\C/C=C\C/C=C\C/C=C\C/C=C\C/C=C\C/C=C\C/C=C\C/C=C\CCCCCCCCCC(=O)OC(COC(=O)CCCCCCCCCCCCCCCCCCCCC/C=C\CCCCCCCCCC)COP(=O)([O-])OCC[N+](C)(C)C. The molecular weight excluding hydrogens is 1130 g/mol. The summed E-state index contributed by atoms with van der Waals surface area (Å²) in [6.45, 7) is 4.14. The van der Waals surface area contributed by atoms with Gasteiger partial charge in [0.05, 0.1) is 27.7 Å². The Morgan fingerprint density at radius 1 is 0.356 bits per heavy atom. The van der Waals surface area contributed by atoms with Crippen LogP contribution in [0.15, 0.2) is 122 Å². The van der Waals surface area contributed by atoms with Crippen LogP contribution in [0.25, 0.3) is 0 Å². The molecule has 518 valence electrons. The monoisotopic (exact) mass is 1270 g/mol. The van der Waals surface area contributed by atoms with Crippen LogP contribution in [0.4, 0.5) is 0 Å². The summed E-state index contributed by atoms with van der Waals surface area (Å²) in [5, 5.41) is 0. The van der Waals surface area contributed by atoms with E-state index in [0.29, 0.717) is 17.4 Å². The first-order valence-electron chi connectivity index (χ1n) is 37.2. The Balaban J connectivity index is 4.08. The molecule has 0 saturated heterocycles. The molecule has 2 unspecified atom stereocenters. The average molecular weight is 1270 g/mol. The third-order valence-electron chi connectivity index (χ3n) is 16.0. The molecule has 90 heavy (non-hydrogen) atoms. The van der Waals surface area contributed by atoms with E-state index in [1.807, 2.05) is 21.1 Å². The predicted octanol–water partition coefficient (Wildman–Crippen LogP) is 24.0. The van der Waals surface area contributed by atoms with Gasteiger partial charge in [-0.1, -0.05) is 322 Å². The summed E-state index contributed by atoms with van der Waals surface area (Å²) in [5.41, 5.74) is 0. The molecule has 0 heterocycles.